The fourth-order valence-corrected chi connectivity index (χ4v) is 2.26. The van der Waals surface area contributed by atoms with Crippen molar-refractivity contribution in [2.75, 3.05) is 32.7 Å². The number of likely N-dealkylation sites (tertiary alicyclic amines) is 1. The van der Waals surface area contributed by atoms with E-state index < -0.39 is 0 Å². The summed E-state index contributed by atoms with van der Waals surface area (Å²) in [6, 6.07) is 0. The average Bonchev–Trinajstić information content (AvgIpc) is 2.72. The van der Waals surface area contributed by atoms with Gasteiger partial charge < -0.3 is 15.5 Å². The van der Waals surface area contributed by atoms with E-state index in [0.29, 0.717) is 12.3 Å². The highest BCUT2D eigenvalue weighted by atomic mass is 16.1. The summed E-state index contributed by atoms with van der Waals surface area (Å²) in [7, 11) is 0. The maximum atomic E-state index is 11.7. The smallest absolute Gasteiger partial charge is 0.221 e. The number of nitrogens with one attached hydrogen (secondary N) is 2. The summed E-state index contributed by atoms with van der Waals surface area (Å²) in [6.45, 7) is 13.6. The van der Waals surface area contributed by atoms with E-state index in [0.717, 1.165) is 26.2 Å². The molecule has 0 aromatic carbocycles. The predicted octanol–water partition coefficient (Wildman–Crippen LogP) is 1.22. The van der Waals surface area contributed by atoms with Crippen LogP contribution in [0.1, 0.15) is 40.5 Å². The van der Waals surface area contributed by atoms with Gasteiger partial charge in [0.25, 0.3) is 0 Å². The van der Waals surface area contributed by atoms with Gasteiger partial charge in [-0.2, -0.15) is 0 Å². The molecule has 106 valence electrons. The number of hydrogen-bond donors (Lipinski definition) is 2. The Bertz CT molecular complexity index is 260. The second-order valence-electron chi connectivity index (χ2n) is 6.28. The number of nitrogens with zero attached hydrogens (tertiary/aromatic N) is 1. The second-order valence-corrected chi connectivity index (χ2v) is 6.28. The van der Waals surface area contributed by atoms with Crippen molar-refractivity contribution >= 4 is 5.91 Å². The van der Waals surface area contributed by atoms with Gasteiger partial charge in [0.2, 0.25) is 5.91 Å². The number of carbonyl (C=O) groups is 1. The Morgan fingerprint density at radius 2 is 2.11 bits per heavy atom. The molecule has 1 amide bonds. The maximum Gasteiger partial charge on any atom is 0.221 e. The summed E-state index contributed by atoms with van der Waals surface area (Å²) in [6.07, 6.45) is 1.79. The van der Waals surface area contributed by atoms with Crippen LogP contribution in [-0.4, -0.2) is 49.1 Å². The number of carbonyl (C=O) groups excluding carboxylic acids is 1. The topological polar surface area (TPSA) is 44.4 Å². The Labute approximate surface area is 111 Å². The molecule has 1 aliphatic rings. The van der Waals surface area contributed by atoms with Crippen molar-refractivity contribution in [2.24, 2.45) is 5.92 Å². The fraction of sp³-hybridized carbons (Fsp3) is 0.929. The molecule has 18 heavy (non-hydrogen) atoms. The van der Waals surface area contributed by atoms with Crippen molar-refractivity contribution in [3.05, 3.63) is 0 Å². The van der Waals surface area contributed by atoms with E-state index in [1.807, 2.05) is 0 Å². The minimum absolute atomic E-state index is 0.0906. The van der Waals surface area contributed by atoms with E-state index >= 15 is 0 Å². The molecule has 1 atom stereocenters. The molecular weight excluding hydrogens is 226 g/mol. The van der Waals surface area contributed by atoms with Crippen LogP contribution >= 0.6 is 0 Å². The molecule has 0 spiro atoms. The summed E-state index contributed by atoms with van der Waals surface area (Å²) in [4.78, 5) is 14.1. The lowest BCUT2D eigenvalue weighted by atomic mass is 10.1. The zero-order valence-corrected chi connectivity index (χ0v) is 12.4. The molecular formula is C14H29N3O. The fourth-order valence-electron chi connectivity index (χ4n) is 2.26. The molecule has 0 bridgehead atoms. The van der Waals surface area contributed by atoms with Gasteiger partial charge in [-0.1, -0.05) is 6.92 Å². The van der Waals surface area contributed by atoms with E-state index in [1.54, 1.807) is 0 Å². The zero-order chi connectivity index (χ0) is 13.6. The molecule has 1 saturated heterocycles. The third kappa shape index (κ3) is 6.36. The van der Waals surface area contributed by atoms with Crippen molar-refractivity contribution in [3.8, 4) is 0 Å². The number of amides is 1. The van der Waals surface area contributed by atoms with Crippen LogP contribution in [0.4, 0.5) is 0 Å². The highest BCUT2D eigenvalue weighted by molar-refractivity contribution is 5.76. The minimum atomic E-state index is 0.0906. The normalized spacial score (nSPS) is 21.2. The largest absolute Gasteiger partial charge is 0.356 e. The first-order chi connectivity index (χ1) is 8.40. The third-order valence-electron chi connectivity index (χ3n) is 3.41. The van der Waals surface area contributed by atoms with Crippen molar-refractivity contribution in [2.45, 2.75) is 46.1 Å². The first-order valence-corrected chi connectivity index (χ1v) is 7.15. The second kappa shape index (κ2) is 7.10. The van der Waals surface area contributed by atoms with Crippen LogP contribution in [0.2, 0.25) is 0 Å². The monoisotopic (exact) mass is 255 g/mol. The first kappa shape index (κ1) is 15.4. The van der Waals surface area contributed by atoms with Crippen molar-refractivity contribution in [3.63, 3.8) is 0 Å². The van der Waals surface area contributed by atoms with Crippen molar-refractivity contribution < 1.29 is 4.79 Å². The van der Waals surface area contributed by atoms with E-state index in [1.165, 1.54) is 13.0 Å². The molecule has 0 aromatic heterocycles. The predicted molar refractivity (Wildman–Crippen MR) is 75.6 cm³/mol. The Morgan fingerprint density at radius 1 is 1.39 bits per heavy atom. The maximum absolute atomic E-state index is 11.7. The van der Waals surface area contributed by atoms with Gasteiger partial charge in [0.05, 0.1) is 0 Å². The molecule has 0 aliphatic carbocycles. The average molecular weight is 255 g/mol. The Kier molecular flexibility index (Phi) is 6.09. The third-order valence-corrected chi connectivity index (χ3v) is 3.41. The molecule has 1 heterocycles. The molecule has 4 heteroatoms. The lowest BCUT2D eigenvalue weighted by Gasteiger charge is -2.20. The van der Waals surface area contributed by atoms with Crippen LogP contribution in [0.3, 0.4) is 0 Å². The summed E-state index contributed by atoms with van der Waals surface area (Å²) < 4.78 is 0. The quantitative estimate of drug-likeness (QED) is 0.750. The van der Waals surface area contributed by atoms with Crippen molar-refractivity contribution in [1.82, 2.24) is 15.5 Å². The van der Waals surface area contributed by atoms with Crippen LogP contribution in [0, 0.1) is 5.92 Å². The zero-order valence-electron chi connectivity index (χ0n) is 12.4. The van der Waals surface area contributed by atoms with Gasteiger partial charge in [-0.15, -0.1) is 0 Å². The Hall–Kier alpha value is -0.610. The molecule has 0 aromatic rings. The standard InChI is InChI=1S/C14H29N3O/c1-5-17-9-7-12(11-17)10-15-13(18)6-8-16-14(2,3)4/h12,16H,5-11H2,1-4H3,(H,15,18). The summed E-state index contributed by atoms with van der Waals surface area (Å²) in [5.74, 6) is 0.811. The van der Waals surface area contributed by atoms with Gasteiger partial charge in [-0.25, -0.2) is 0 Å². The molecule has 4 nitrogen and oxygen atoms in total. The number of rotatable bonds is 6. The van der Waals surface area contributed by atoms with E-state index in [2.05, 4.69) is 43.2 Å². The molecule has 1 aliphatic heterocycles. The van der Waals surface area contributed by atoms with Crippen LogP contribution < -0.4 is 10.6 Å². The molecule has 0 radical (unpaired) electrons. The highest BCUT2D eigenvalue weighted by Gasteiger charge is 2.21. The summed E-state index contributed by atoms with van der Waals surface area (Å²) in [5.41, 5.74) is 0.0906. The van der Waals surface area contributed by atoms with Gasteiger partial charge >= 0.3 is 0 Å². The lowest BCUT2D eigenvalue weighted by Crippen LogP contribution is -2.39. The molecule has 2 N–H and O–H groups in total. The van der Waals surface area contributed by atoms with E-state index in [4.69, 9.17) is 0 Å². The summed E-state index contributed by atoms with van der Waals surface area (Å²) in [5, 5.41) is 6.38. The first-order valence-electron chi connectivity index (χ1n) is 7.15. The van der Waals surface area contributed by atoms with E-state index in [9.17, 15) is 4.79 Å². The highest BCUT2D eigenvalue weighted by Crippen LogP contribution is 2.14. The van der Waals surface area contributed by atoms with E-state index in [-0.39, 0.29) is 11.4 Å². The van der Waals surface area contributed by atoms with Crippen LogP contribution in [0.15, 0.2) is 0 Å². The van der Waals surface area contributed by atoms with Gasteiger partial charge in [0.1, 0.15) is 0 Å². The van der Waals surface area contributed by atoms with Crippen molar-refractivity contribution in [1.29, 1.82) is 0 Å². The molecule has 1 rings (SSSR count). The van der Waals surface area contributed by atoms with Gasteiger partial charge in [-0.05, 0) is 46.2 Å². The summed E-state index contributed by atoms with van der Waals surface area (Å²) >= 11 is 0. The number of hydrogen-bond acceptors (Lipinski definition) is 3. The molecule has 1 unspecified atom stereocenters. The van der Waals surface area contributed by atoms with Gasteiger partial charge in [0, 0.05) is 31.6 Å². The van der Waals surface area contributed by atoms with Crippen LogP contribution in [-0.2, 0) is 4.79 Å². The Morgan fingerprint density at radius 3 is 2.67 bits per heavy atom. The lowest BCUT2D eigenvalue weighted by molar-refractivity contribution is -0.121. The van der Waals surface area contributed by atoms with Crippen LogP contribution in [0.5, 0.6) is 0 Å². The molecule has 1 fully saturated rings. The SMILES string of the molecule is CCN1CCC(CNC(=O)CCNC(C)(C)C)C1. The van der Waals surface area contributed by atoms with Crippen LogP contribution in [0.25, 0.3) is 0 Å². The van der Waals surface area contributed by atoms with Gasteiger partial charge in [-0.3, -0.25) is 4.79 Å². The minimum Gasteiger partial charge on any atom is -0.356 e. The van der Waals surface area contributed by atoms with Gasteiger partial charge in [0.15, 0.2) is 0 Å². The Balaban J connectivity index is 2.07. The molecule has 0 saturated carbocycles.